The molecule has 0 bridgehead atoms. The van der Waals surface area contributed by atoms with E-state index in [9.17, 15) is 13.2 Å². The van der Waals surface area contributed by atoms with Gasteiger partial charge in [0, 0.05) is 37.1 Å². The van der Waals surface area contributed by atoms with Crippen molar-refractivity contribution in [1.29, 1.82) is 0 Å². The maximum atomic E-state index is 14.0. The minimum absolute atomic E-state index is 0.0910. The molecule has 3 fully saturated rings. The van der Waals surface area contributed by atoms with Crippen molar-refractivity contribution in [3.63, 3.8) is 0 Å². The summed E-state index contributed by atoms with van der Waals surface area (Å²) in [6.45, 7) is 5.14. The van der Waals surface area contributed by atoms with Crippen LogP contribution in [0.15, 0.2) is 42.7 Å². The summed E-state index contributed by atoms with van der Waals surface area (Å²) >= 11 is 0. The van der Waals surface area contributed by atoms with Gasteiger partial charge in [0.25, 0.3) is 0 Å². The van der Waals surface area contributed by atoms with Crippen LogP contribution in [0.4, 0.5) is 22.0 Å². The number of hydrogen-bond donors (Lipinski definition) is 3. The van der Waals surface area contributed by atoms with Crippen LogP contribution >= 0.6 is 0 Å². The third-order valence-electron chi connectivity index (χ3n) is 8.12. The monoisotopic (exact) mass is 580 g/mol. The minimum atomic E-state index is -3.44. The van der Waals surface area contributed by atoms with Gasteiger partial charge in [-0.25, -0.2) is 23.2 Å². The molecule has 1 atom stereocenters. The van der Waals surface area contributed by atoms with Crippen molar-refractivity contribution < 1.29 is 17.9 Å². The Morgan fingerprint density at radius 1 is 1.10 bits per heavy atom. The second kappa shape index (κ2) is 11.0. The van der Waals surface area contributed by atoms with Gasteiger partial charge in [-0.2, -0.15) is 5.10 Å². The fourth-order valence-electron chi connectivity index (χ4n) is 5.71. The molecule has 0 spiro atoms. The maximum absolute atomic E-state index is 14.0. The highest BCUT2D eigenvalue weighted by Gasteiger charge is 2.54. The van der Waals surface area contributed by atoms with E-state index in [1.807, 2.05) is 18.2 Å². The summed E-state index contributed by atoms with van der Waals surface area (Å²) in [5.74, 6) is 1.18. The Kier molecular flexibility index (Phi) is 7.43. The molecular formula is C28H36N8O4S. The molecule has 13 heteroatoms. The van der Waals surface area contributed by atoms with E-state index in [2.05, 4.69) is 32.9 Å². The lowest BCUT2D eigenvalue weighted by Crippen LogP contribution is -2.48. The van der Waals surface area contributed by atoms with Crippen LogP contribution in [0.5, 0.6) is 0 Å². The van der Waals surface area contributed by atoms with Crippen LogP contribution in [-0.4, -0.2) is 78.3 Å². The zero-order valence-corrected chi connectivity index (χ0v) is 24.2. The van der Waals surface area contributed by atoms with Gasteiger partial charge in [-0.1, -0.05) is 0 Å². The average Bonchev–Trinajstić information content (AvgIpc) is 3.76. The second-order valence-corrected chi connectivity index (χ2v) is 13.6. The molecule has 1 aromatic carbocycles. The van der Waals surface area contributed by atoms with Crippen LogP contribution in [-0.2, 0) is 26.4 Å². The molecule has 41 heavy (non-hydrogen) atoms. The Balaban J connectivity index is 1.35. The standard InChI is InChI=1S/C28H36N8O4S/c1-19-18-40-14-13-36(19)25-15-24(28(9-11-29-12-10-28)41(38,39)23-7-8-23)33-26(34-25)20-3-5-21(6-4-20)31-27(37)32-22-16-30-35(2)17-22/h3-6,15-17,19,23,29H,7-14,18H2,1-2H3,(H2,31,32,37)/t19-/m0/s1. The number of ether oxygens (including phenoxy) is 1. The molecule has 2 saturated heterocycles. The predicted octanol–water partition coefficient (Wildman–Crippen LogP) is 2.90. The molecule has 218 valence electrons. The number of aryl methyl sites for hydroxylation is 1. The van der Waals surface area contributed by atoms with E-state index < -0.39 is 14.6 Å². The van der Waals surface area contributed by atoms with Gasteiger partial charge in [0.2, 0.25) is 0 Å². The highest BCUT2D eigenvalue weighted by Crippen LogP contribution is 2.47. The van der Waals surface area contributed by atoms with Crippen molar-refractivity contribution in [1.82, 2.24) is 25.1 Å². The molecule has 12 nitrogen and oxygen atoms in total. The normalized spacial score (nSPS) is 20.9. The zero-order valence-electron chi connectivity index (χ0n) is 23.3. The number of anilines is 3. The number of benzene rings is 1. The van der Waals surface area contributed by atoms with Crippen molar-refractivity contribution >= 4 is 33.1 Å². The Labute approximate surface area is 239 Å². The lowest BCUT2D eigenvalue weighted by Gasteiger charge is -2.38. The van der Waals surface area contributed by atoms with E-state index >= 15 is 0 Å². The summed E-state index contributed by atoms with van der Waals surface area (Å²) in [6.07, 6.45) is 5.67. The quantitative estimate of drug-likeness (QED) is 0.384. The van der Waals surface area contributed by atoms with E-state index in [-0.39, 0.29) is 17.3 Å². The number of nitrogens with one attached hydrogen (secondary N) is 3. The predicted molar refractivity (Wildman–Crippen MR) is 157 cm³/mol. The topological polar surface area (TPSA) is 143 Å². The number of nitrogens with zero attached hydrogens (tertiary/aromatic N) is 5. The van der Waals surface area contributed by atoms with Crippen molar-refractivity contribution in [2.45, 2.75) is 48.6 Å². The van der Waals surface area contributed by atoms with Crippen molar-refractivity contribution in [2.24, 2.45) is 7.05 Å². The largest absolute Gasteiger partial charge is 0.377 e. The van der Waals surface area contributed by atoms with Crippen molar-refractivity contribution in [3.05, 3.63) is 48.4 Å². The molecular weight excluding hydrogens is 544 g/mol. The van der Waals surface area contributed by atoms with Gasteiger partial charge < -0.3 is 25.6 Å². The van der Waals surface area contributed by atoms with Gasteiger partial charge in [0.15, 0.2) is 15.7 Å². The molecule has 4 heterocycles. The third kappa shape index (κ3) is 5.53. The first-order valence-corrected chi connectivity index (χ1v) is 15.6. The van der Waals surface area contributed by atoms with Crippen LogP contribution in [0, 0.1) is 0 Å². The molecule has 2 amide bonds. The highest BCUT2D eigenvalue weighted by molar-refractivity contribution is 7.93. The van der Waals surface area contributed by atoms with Gasteiger partial charge in [0.05, 0.1) is 42.1 Å². The number of urea groups is 1. The van der Waals surface area contributed by atoms with Crippen LogP contribution in [0.25, 0.3) is 11.4 Å². The lowest BCUT2D eigenvalue weighted by atomic mass is 9.92. The number of carbonyl (C=O) groups excluding carboxylic acids is 1. The van der Waals surface area contributed by atoms with E-state index in [1.54, 1.807) is 36.3 Å². The number of rotatable bonds is 7. The summed E-state index contributed by atoms with van der Waals surface area (Å²) in [6, 6.07) is 8.86. The van der Waals surface area contributed by atoms with Gasteiger partial charge in [-0.3, -0.25) is 4.68 Å². The number of carbonyl (C=O) groups is 1. The zero-order chi connectivity index (χ0) is 28.6. The smallest absolute Gasteiger partial charge is 0.323 e. The Hall–Kier alpha value is -3.55. The first-order chi connectivity index (χ1) is 19.7. The van der Waals surface area contributed by atoms with Crippen molar-refractivity contribution in [3.8, 4) is 11.4 Å². The second-order valence-electron chi connectivity index (χ2n) is 11.1. The number of sulfone groups is 1. The number of amides is 2. The molecule has 2 aliphatic heterocycles. The molecule has 1 saturated carbocycles. The Morgan fingerprint density at radius 2 is 1.83 bits per heavy atom. The summed E-state index contributed by atoms with van der Waals surface area (Å²) in [7, 11) is -1.67. The molecule has 3 aliphatic rings. The van der Waals surface area contributed by atoms with E-state index in [1.165, 1.54) is 0 Å². The summed E-state index contributed by atoms with van der Waals surface area (Å²) in [5.41, 5.74) is 2.49. The average molecular weight is 581 g/mol. The van der Waals surface area contributed by atoms with E-state index in [0.717, 1.165) is 5.56 Å². The molecule has 3 N–H and O–H groups in total. The SMILES string of the molecule is C[C@H]1COCCN1c1cc(C2(S(=O)(=O)C3CC3)CCNCC2)nc(-c2ccc(NC(=O)Nc3cnn(C)c3)cc2)n1. The summed E-state index contributed by atoms with van der Waals surface area (Å²) in [5, 5.41) is 12.6. The van der Waals surface area contributed by atoms with E-state index in [4.69, 9.17) is 14.7 Å². The molecule has 2 aromatic heterocycles. The van der Waals surface area contributed by atoms with Crippen LogP contribution < -0.4 is 20.9 Å². The number of aromatic nitrogens is 4. The molecule has 3 aromatic rings. The van der Waals surface area contributed by atoms with Crippen molar-refractivity contribution in [2.75, 3.05) is 48.4 Å². The molecule has 0 unspecified atom stereocenters. The fraction of sp³-hybridized carbons (Fsp3) is 0.500. The van der Waals surface area contributed by atoms with Crippen LogP contribution in [0.3, 0.4) is 0 Å². The van der Waals surface area contributed by atoms with E-state index in [0.29, 0.717) is 87.2 Å². The molecule has 0 radical (unpaired) electrons. The van der Waals surface area contributed by atoms with Crippen LogP contribution in [0.2, 0.25) is 0 Å². The Morgan fingerprint density at radius 3 is 2.49 bits per heavy atom. The van der Waals surface area contributed by atoms with Gasteiger partial charge in [-0.15, -0.1) is 0 Å². The first kappa shape index (κ1) is 27.6. The van der Waals surface area contributed by atoms with Gasteiger partial charge >= 0.3 is 6.03 Å². The van der Waals surface area contributed by atoms with Gasteiger partial charge in [0.1, 0.15) is 10.6 Å². The lowest BCUT2D eigenvalue weighted by molar-refractivity contribution is 0.0985. The maximum Gasteiger partial charge on any atom is 0.323 e. The minimum Gasteiger partial charge on any atom is -0.377 e. The third-order valence-corrected chi connectivity index (χ3v) is 11.2. The Bertz CT molecular complexity index is 1510. The number of hydrogen-bond acceptors (Lipinski definition) is 9. The highest BCUT2D eigenvalue weighted by atomic mass is 32.2. The molecule has 1 aliphatic carbocycles. The summed E-state index contributed by atoms with van der Waals surface area (Å²) < 4.78 is 34.2. The first-order valence-electron chi connectivity index (χ1n) is 14.1. The summed E-state index contributed by atoms with van der Waals surface area (Å²) in [4.78, 5) is 24.5. The number of morpholine rings is 1. The fourth-order valence-corrected chi connectivity index (χ4v) is 8.27. The molecule has 6 rings (SSSR count). The van der Waals surface area contributed by atoms with Gasteiger partial charge in [-0.05, 0) is 70.0 Å². The van der Waals surface area contributed by atoms with Crippen LogP contribution in [0.1, 0.15) is 38.3 Å². The number of piperidine rings is 1.